The first-order chi connectivity index (χ1) is 24.7. The van der Waals surface area contributed by atoms with Crippen LogP contribution in [0.2, 0.25) is 5.02 Å². The van der Waals surface area contributed by atoms with Gasteiger partial charge in [0.2, 0.25) is 11.7 Å². The summed E-state index contributed by atoms with van der Waals surface area (Å²) in [6, 6.07) is 29.4. The van der Waals surface area contributed by atoms with Crippen LogP contribution in [0, 0.1) is 29.1 Å². The molecule has 5 aromatic rings. The Balaban J connectivity index is 1.46. The standard InChI is InChI=1S/C40H34ClF5N2O3S/c1-40(2,3)29-15-9-26(10-16-29)22-48(31-19-13-28(14-20-31)39(50)51-24-27-7-5-4-6-8-27)32(49)23-47(21-25-11-17-30(41)18-12-25)52-38-36(45)34(43)33(42)35(44)37(38)46/h4-20H,21-24H2,1-3H3. The van der Waals surface area contributed by atoms with Gasteiger partial charge in [0.1, 0.15) is 11.5 Å². The predicted octanol–water partition coefficient (Wildman–Crippen LogP) is 10.4. The van der Waals surface area contributed by atoms with Crippen molar-refractivity contribution < 1.29 is 36.3 Å². The van der Waals surface area contributed by atoms with Crippen LogP contribution in [0.4, 0.5) is 27.6 Å². The molecule has 0 fully saturated rings. The van der Waals surface area contributed by atoms with Crippen molar-refractivity contribution in [2.75, 3.05) is 11.4 Å². The maximum absolute atomic E-state index is 14.9. The van der Waals surface area contributed by atoms with E-state index < -0.39 is 52.4 Å². The van der Waals surface area contributed by atoms with Crippen molar-refractivity contribution in [3.05, 3.63) is 165 Å². The molecule has 1 amide bonds. The Hall–Kier alpha value is -4.71. The minimum Gasteiger partial charge on any atom is -0.457 e. The molecule has 0 aromatic heterocycles. The van der Waals surface area contributed by atoms with Gasteiger partial charge in [-0.25, -0.2) is 31.1 Å². The zero-order valence-electron chi connectivity index (χ0n) is 28.4. The Labute approximate surface area is 308 Å². The number of amides is 1. The van der Waals surface area contributed by atoms with Crippen molar-refractivity contribution in [3.63, 3.8) is 0 Å². The molecule has 5 nitrogen and oxygen atoms in total. The summed E-state index contributed by atoms with van der Waals surface area (Å²) >= 11 is 6.26. The maximum atomic E-state index is 14.9. The van der Waals surface area contributed by atoms with E-state index in [-0.39, 0.29) is 42.6 Å². The van der Waals surface area contributed by atoms with Crippen LogP contribution in [0.3, 0.4) is 0 Å². The van der Waals surface area contributed by atoms with E-state index in [1.165, 1.54) is 21.3 Å². The van der Waals surface area contributed by atoms with E-state index in [1.807, 2.05) is 54.6 Å². The fraction of sp³-hybridized carbons (Fsp3) is 0.200. The molecule has 0 atom stereocenters. The highest BCUT2D eigenvalue weighted by Gasteiger charge is 2.29. The van der Waals surface area contributed by atoms with Gasteiger partial charge in [-0.15, -0.1) is 0 Å². The fourth-order valence-corrected chi connectivity index (χ4v) is 6.26. The number of rotatable bonds is 12. The zero-order valence-corrected chi connectivity index (χ0v) is 30.0. The van der Waals surface area contributed by atoms with Crippen molar-refractivity contribution in [1.82, 2.24) is 4.31 Å². The molecule has 5 rings (SSSR count). The molecule has 0 saturated heterocycles. The maximum Gasteiger partial charge on any atom is 0.338 e. The van der Waals surface area contributed by atoms with Crippen LogP contribution >= 0.6 is 23.5 Å². The third-order valence-corrected chi connectivity index (χ3v) is 9.37. The molecule has 0 aliphatic rings. The van der Waals surface area contributed by atoms with E-state index in [0.29, 0.717) is 16.3 Å². The second kappa shape index (κ2) is 16.8. The van der Waals surface area contributed by atoms with Crippen LogP contribution in [0.5, 0.6) is 0 Å². The number of hydrogen-bond donors (Lipinski definition) is 0. The lowest BCUT2D eigenvalue weighted by Gasteiger charge is -2.28. The minimum absolute atomic E-state index is 0.0586. The highest BCUT2D eigenvalue weighted by atomic mass is 35.5. The first-order valence-corrected chi connectivity index (χ1v) is 17.3. The Morgan fingerprint density at radius 1 is 0.673 bits per heavy atom. The predicted molar refractivity (Wildman–Crippen MR) is 192 cm³/mol. The monoisotopic (exact) mass is 752 g/mol. The summed E-state index contributed by atoms with van der Waals surface area (Å²) in [7, 11) is 0. The van der Waals surface area contributed by atoms with Gasteiger partial charge < -0.3 is 9.64 Å². The Morgan fingerprint density at radius 3 is 1.79 bits per heavy atom. The number of anilines is 1. The van der Waals surface area contributed by atoms with Crippen LogP contribution < -0.4 is 4.90 Å². The molecule has 12 heteroatoms. The molecule has 0 aliphatic heterocycles. The molecule has 0 heterocycles. The second-order valence-electron chi connectivity index (χ2n) is 13.0. The molecule has 0 bridgehead atoms. The first kappa shape index (κ1) is 38.5. The average Bonchev–Trinajstić information content (AvgIpc) is 3.14. The smallest absolute Gasteiger partial charge is 0.338 e. The summed E-state index contributed by atoms with van der Waals surface area (Å²) in [6.07, 6.45) is 0. The first-order valence-electron chi connectivity index (χ1n) is 16.1. The summed E-state index contributed by atoms with van der Waals surface area (Å²) in [6.45, 7) is 5.69. The molecule has 0 aliphatic carbocycles. The zero-order chi connectivity index (χ0) is 37.6. The van der Waals surface area contributed by atoms with Gasteiger partial charge in [-0.05, 0) is 76.0 Å². The molecule has 270 valence electrons. The normalized spacial score (nSPS) is 11.5. The summed E-state index contributed by atoms with van der Waals surface area (Å²) < 4.78 is 78.6. The topological polar surface area (TPSA) is 49.9 Å². The summed E-state index contributed by atoms with van der Waals surface area (Å²) in [4.78, 5) is 27.3. The van der Waals surface area contributed by atoms with Gasteiger partial charge in [-0.2, -0.15) is 0 Å². The van der Waals surface area contributed by atoms with Crippen molar-refractivity contribution in [2.45, 2.75) is 50.8 Å². The lowest BCUT2D eigenvalue weighted by Crippen LogP contribution is -2.38. The van der Waals surface area contributed by atoms with Crippen LogP contribution in [0.25, 0.3) is 0 Å². The van der Waals surface area contributed by atoms with Gasteiger partial charge in [-0.1, -0.05) is 99.1 Å². The Kier molecular flexibility index (Phi) is 12.4. The van der Waals surface area contributed by atoms with Crippen LogP contribution in [0.15, 0.2) is 108 Å². The lowest BCUT2D eigenvalue weighted by atomic mass is 9.87. The average molecular weight is 753 g/mol. The van der Waals surface area contributed by atoms with E-state index in [9.17, 15) is 31.5 Å². The van der Waals surface area contributed by atoms with Crippen molar-refractivity contribution in [2.24, 2.45) is 0 Å². The van der Waals surface area contributed by atoms with Crippen molar-refractivity contribution >= 4 is 41.1 Å². The number of carbonyl (C=O) groups excluding carboxylic acids is 2. The van der Waals surface area contributed by atoms with Crippen LogP contribution in [-0.2, 0) is 34.6 Å². The van der Waals surface area contributed by atoms with Crippen LogP contribution in [-0.4, -0.2) is 22.7 Å². The molecule has 0 N–H and O–H groups in total. The largest absolute Gasteiger partial charge is 0.457 e. The third kappa shape index (κ3) is 9.58. The number of halogens is 6. The molecular formula is C40H34ClF5N2O3S. The minimum atomic E-state index is -2.28. The van der Waals surface area contributed by atoms with Gasteiger partial charge in [0.05, 0.1) is 18.7 Å². The molecule has 0 saturated carbocycles. The Morgan fingerprint density at radius 2 is 1.21 bits per heavy atom. The van der Waals surface area contributed by atoms with Crippen molar-refractivity contribution in [3.8, 4) is 0 Å². The van der Waals surface area contributed by atoms with Gasteiger partial charge in [-0.3, -0.25) is 4.79 Å². The van der Waals surface area contributed by atoms with E-state index >= 15 is 0 Å². The van der Waals surface area contributed by atoms with Gasteiger partial charge in [0.25, 0.3) is 0 Å². The fourth-order valence-electron chi connectivity index (χ4n) is 5.14. The molecular weight excluding hydrogens is 719 g/mol. The van der Waals surface area contributed by atoms with E-state index in [4.69, 9.17) is 16.3 Å². The second-order valence-corrected chi connectivity index (χ2v) is 14.5. The molecule has 52 heavy (non-hydrogen) atoms. The number of carbonyl (C=O) groups is 2. The highest BCUT2D eigenvalue weighted by molar-refractivity contribution is 7.97. The third-order valence-electron chi connectivity index (χ3n) is 8.06. The molecule has 0 unspecified atom stereocenters. The molecule has 5 aromatic carbocycles. The van der Waals surface area contributed by atoms with Gasteiger partial charge in [0.15, 0.2) is 23.3 Å². The number of ether oxygens (including phenoxy) is 1. The highest BCUT2D eigenvalue weighted by Crippen LogP contribution is 2.34. The van der Waals surface area contributed by atoms with E-state index in [1.54, 1.807) is 36.4 Å². The number of hydrogen-bond acceptors (Lipinski definition) is 5. The SMILES string of the molecule is CC(C)(C)c1ccc(CN(C(=O)CN(Cc2ccc(Cl)cc2)Sc2c(F)c(F)c(F)c(F)c2F)c2ccc(C(=O)OCc3ccccc3)cc2)cc1. The number of esters is 1. The number of benzene rings is 5. The summed E-state index contributed by atoms with van der Waals surface area (Å²) in [5, 5.41) is 0.412. The summed E-state index contributed by atoms with van der Waals surface area (Å²) in [5.41, 5.74) is 3.70. The van der Waals surface area contributed by atoms with E-state index in [2.05, 4.69) is 20.8 Å². The Bertz CT molecular complexity index is 2000. The van der Waals surface area contributed by atoms with Gasteiger partial charge >= 0.3 is 5.97 Å². The van der Waals surface area contributed by atoms with Crippen molar-refractivity contribution in [1.29, 1.82) is 0 Å². The quantitative estimate of drug-likeness (QED) is 0.0418. The molecule has 0 spiro atoms. The number of nitrogens with zero attached hydrogens (tertiary/aromatic N) is 2. The molecule has 0 radical (unpaired) electrons. The van der Waals surface area contributed by atoms with Crippen LogP contribution in [0.1, 0.15) is 53.4 Å². The van der Waals surface area contributed by atoms with Gasteiger partial charge in [0, 0.05) is 17.3 Å². The van der Waals surface area contributed by atoms with E-state index in [0.717, 1.165) is 16.7 Å². The summed E-state index contributed by atoms with van der Waals surface area (Å²) in [5.74, 6) is -11.6. The lowest BCUT2D eigenvalue weighted by molar-refractivity contribution is -0.118.